The maximum Gasteiger partial charge on any atom is 0.270 e. The summed E-state index contributed by atoms with van der Waals surface area (Å²) in [6.45, 7) is 3.00. The SMILES string of the molecule is O=C(Nc1ccc(Nc2cc(N3CCOCC3)cnn2)cc1)c1cccc([N+](=O)[O-])c1. The van der Waals surface area contributed by atoms with Crippen molar-refractivity contribution in [3.63, 3.8) is 0 Å². The van der Waals surface area contributed by atoms with Crippen molar-refractivity contribution in [3.8, 4) is 0 Å². The summed E-state index contributed by atoms with van der Waals surface area (Å²) in [6, 6.07) is 14.6. The van der Waals surface area contributed by atoms with Crippen LogP contribution in [0.15, 0.2) is 60.8 Å². The third-order valence-electron chi connectivity index (χ3n) is 4.75. The Bertz CT molecular complexity index is 1080. The third kappa shape index (κ3) is 5.11. The smallest absolute Gasteiger partial charge is 0.270 e. The summed E-state index contributed by atoms with van der Waals surface area (Å²) in [4.78, 5) is 24.9. The highest BCUT2D eigenvalue weighted by molar-refractivity contribution is 6.04. The van der Waals surface area contributed by atoms with Gasteiger partial charge in [0.15, 0.2) is 5.82 Å². The number of carbonyl (C=O) groups is 1. The van der Waals surface area contributed by atoms with Gasteiger partial charge in [-0.2, -0.15) is 5.10 Å². The molecule has 10 heteroatoms. The molecule has 2 heterocycles. The number of ether oxygens (including phenoxy) is 1. The summed E-state index contributed by atoms with van der Waals surface area (Å²) < 4.78 is 5.38. The Morgan fingerprint density at radius 2 is 1.81 bits per heavy atom. The molecule has 10 nitrogen and oxygen atoms in total. The van der Waals surface area contributed by atoms with Gasteiger partial charge in [-0.15, -0.1) is 5.10 Å². The number of anilines is 4. The molecule has 0 aliphatic carbocycles. The number of morpholine rings is 1. The van der Waals surface area contributed by atoms with Crippen molar-refractivity contribution in [2.75, 3.05) is 41.8 Å². The van der Waals surface area contributed by atoms with Crippen molar-refractivity contribution >= 4 is 34.5 Å². The third-order valence-corrected chi connectivity index (χ3v) is 4.75. The standard InChI is InChI=1S/C21H20N6O4/c28-21(15-2-1-3-18(12-15)27(29)30)24-17-6-4-16(5-7-17)23-20-13-19(14-22-25-20)26-8-10-31-11-9-26/h1-7,12-14H,8-11H2,(H,23,25)(H,24,28). The van der Waals surface area contributed by atoms with E-state index >= 15 is 0 Å². The lowest BCUT2D eigenvalue weighted by Gasteiger charge is -2.28. The summed E-state index contributed by atoms with van der Waals surface area (Å²) in [5, 5.41) is 25.0. The molecule has 1 amide bonds. The average Bonchev–Trinajstić information content (AvgIpc) is 2.81. The van der Waals surface area contributed by atoms with E-state index < -0.39 is 10.8 Å². The molecular weight excluding hydrogens is 400 g/mol. The van der Waals surface area contributed by atoms with Gasteiger partial charge >= 0.3 is 0 Å². The number of nitro groups is 1. The predicted molar refractivity (Wildman–Crippen MR) is 116 cm³/mol. The van der Waals surface area contributed by atoms with Crippen molar-refractivity contribution in [2.45, 2.75) is 0 Å². The molecule has 158 valence electrons. The summed E-state index contributed by atoms with van der Waals surface area (Å²) in [7, 11) is 0. The second kappa shape index (κ2) is 9.18. The molecule has 1 aliphatic rings. The van der Waals surface area contributed by atoms with E-state index in [1.54, 1.807) is 30.5 Å². The molecule has 0 spiro atoms. The number of non-ortho nitro benzene ring substituents is 1. The summed E-state index contributed by atoms with van der Waals surface area (Å²) >= 11 is 0. The van der Waals surface area contributed by atoms with Gasteiger partial charge in [0.2, 0.25) is 0 Å². The Kier molecular flexibility index (Phi) is 5.99. The van der Waals surface area contributed by atoms with Crippen molar-refractivity contribution in [1.82, 2.24) is 10.2 Å². The average molecular weight is 420 g/mol. The van der Waals surface area contributed by atoms with Crippen LogP contribution in [-0.4, -0.2) is 47.3 Å². The number of benzene rings is 2. The van der Waals surface area contributed by atoms with E-state index in [1.165, 1.54) is 24.3 Å². The van der Waals surface area contributed by atoms with Crippen molar-refractivity contribution in [3.05, 3.63) is 76.5 Å². The van der Waals surface area contributed by atoms with Gasteiger partial charge in [0, 0.05) is 48.2 Å². The molecule has 2 N–H and O–H groups in total. The van der Waals surface area contributed by atoms with Crippen LogP contribution in [0.4, 0.5) is 28.6 Å². The van der Waals surface area contributed by atoms with Crippen LogP contribution in [-0.2, 0) is 4.74 Å². The molecule has 1 aliphatic heterocycles. The van der Waals surface area contributed by atoms with Gasteiger partial charge in [-0.05, 0) is 30.3 Å². The molecule has 1 saturated heterocycles. The lowest BCUT2D eigenvalue weighted by atomic mass is 10.2. The molecular formula is C21H20N6O4. The maximum atomic E-state index is 12.4. The van der Waals surface area contributed by atoms with Gasteiger partial charge in [-0.1, -0.05) is 6.07 Å². The van der Waals surface area contributed by atoms with Crippen LogP contribution in [0.1, 0.15) is 10.4 Å². The zero-order valence-corrected chi connectivity index (χ0v) is 16.5. The number of nitrogens with one attached hydrogen (secondary N) is 2. The van der Waals surface area contributed by atoms with E-state index in [4.69, 9.17) is 4.74 Å². The Balaban J connectivity index is 1.40. The number of hydrogen-bond acceptors (Lipinski definition) is 8. The van der Waals surface area contributed by atoms with Crippen LogP contribution in [0.3, 0.4) is 0 Å². The maximum absolute atomic E-state index is 12.4. The quantitative estimate of drug-likeness (QED) is 0.460. The van der Waals surface area contributed by atoms with E-state index in [-0.39, 0.29) is 11.3 Å². The fraction of sp³-hybridized carbons (Fsp3) is 0.190. The minimum Gasteiger partial charge on any atom is -0.378 e. The first-order chi connectivity index (χ1) is 15.1. The van der Waals surface area contributed by atoms with Crippen LogP contribution in [0.2, 0.25) is 0 Å². The number of amides is 1. The second-order valence-electron chi connectivity index (χ2n) is 6.86. The molecule has 0 bridgehead atoms. The molecule has 0 unspecified atom stereocenters. The summed E-state index contributed by atoms with van der Waals surface area (Å²) in [5.74, 6) is 0.186. The lowest BCUT2D eigenvalue weighted by Crippen LogP contribution is -2.36. The van der Waals surface area contributed by atoms with Crippen LogP contribution < -0.4 is 15.5 Å². The minimum absolute atomic E-state index is 0.132. The Labute approximate surface area is 178 Å². The van der Waals surface area contributed by atoms with E-state index in [0.29, 0.717) is 24.7 Å². The van der Waals surface area contributed by atoms with Gasteiger partial charge in [0.25, 0.3) is 11.6 Å². The molecule has 3 aromatic rings. The fourth-order valence-electron chi connectivity index (χ4n) is 3.16. The van der Waals surface area contributed by atoms with E-state index in [0.717, 1.165) is 24.5 Å². The first-order valence-corrected chi connectivity index (χ1v) is 9.67. The molecule has 0 radical (unpaired) electrons. The second-order valence-corrected chi connectivity index (χ2v) is 6.86. The predicted octanol–water partition coefficient (Wildman–Crippen LogP) is 3.22. The zero-order chi connectivity index (χ0) is 21.6. The Hall–Kier alpha value is -4.05. The Morgan fingerprint density at radius 1 is 1.06 bits per heavy atom. The van der Waals surface area contributed by atoms with Crippen LogP contribution in [0.5, 0.6) is 0 Å². The number of carbonyl (C=O) groups excluding carboxylic acids is 1. The highest BCUT2D eigenvalue weighted by Crippen LogP contribution is 2.22. The summed E-state index contributed by atoms with van der Waals surface area (Å²) in [5.41, 5.74) is 2.40. The number of aromatic nitrogens is 2. The molecule has 2 aromatic carbocycles. The van der Waals surface area contributed by atoms with Crippen LogP contribution in [0, 0.1) is 10.1 Å². The van der Waals surface area contributed by atoms with Gasteiger partial charge in [-0.25, -0.2) is 0 Å². The van der Waals surface area contributed by atoms with Crippen molar-refractivity contribution < 1.29 is 14.5 Å². The van der Waals surface area contributed by atoms with Gasteiger partial charge < -0.3 is 20.3 Å². The van der Waals surface area contributed by atoms with E-state index in [1.807, 2.05) is 6.07 Å². The highest BCUT2D eigenvalue weighted by Gasteiger charge is 2.13. The molecule has 4 rings (SSSR count). The zero-order valence-electron chi connectivity index (χ0n) is 16.5. The van der Waals surface area contributed by atoms with Gasteiger partial charge in [-0.3, -0.25) is 14.9 Å². The number of hydrogen-bond donors (Lipinski definition) is 2. The fourth-order valence-corrected chi connectivity index (χ4v) is 3.16. The largest absolute Gasteiger partial charge is 0.378 e. The first kappa shape index (κ1) is 20.2. The molecule has 1 fully saturated rings. The number of rotatable bonds is 6. The van der Waals surface area contributed by atoms with Crippen LogP contribution >= 0.6 is 0 Å². The molecule has 0 saturated carbocycles. The van der Waals surface area contributed by atoms with E-state index in [9.17, 15) is 14.9 Å². The molecule has 1 aromatic heterocycles. The highest BCUT2D eigenvalue weighted by atomic mass is 16.6. The minimum atomic E-state index is -0.534. The van der Waals surface area contributed by atoms with Crippen LogP contribution in [0.25, 0.3) is 0 Å². The molecule has 31 heavy (non-hydrogen) atoms. The number of nitro benzene ring substituents is 1. The Morgan fingerprint density at radius 3 is 2.55 bits per heavy atom. The van der Waals surface area contributed by atoms with Crippen molar-refractivity contribution in [1.29, 1.82) is 0 Å². The van der Waals surface area contributed by atoms with Gasteiger partial charge in [0.1, 0.15) is 0 Å². The topological polar surface area (TPSA) is 123 Å². The number of nitrogens with zero attached hydrogens (tertiary/aromatic N) is 4. The summed E-state index contributed by atoms with van der Waals surface area (Å²) in [6.07, 6.45) is 1.73. The monoisotopic (exact) mass is 420 g/mol. The normalized spacial score (nSPS) is 13.5. The molecule has 0 atom stereocenters. The first-order valence-electron chi connectivity index (χ1n) is 9.67. The van der Waals surface area contributed by atoms with Crippen molar-refractivity contribution in [2.24, 2.45) is 0 Å². The lowest BCUT2D eigenvalue weighted by molar-refractivity contribution is -0.384. The van der Waals surface area contributed by atoms with E-state index in [2.05, 4.69) is 25.7 Å². The van der Waals surface area contributed by atoms with Gasteiger partial charge in [0.05, 0.1) is 30.0 Å².